The van der Waals surface area contributed by atoms with Gasteiger partial charge >= 0.3 is 6.18 Å². The van der Waals surface area contributed by atoms with Crippen molar-refractivity contribution < 1.29 is 22.7 Å². The van der Waals surface area contributed by atoms with E-state index in [-0.39, 0.29) is 11.8 Å². The first-order valence-electron chi connectivity index (χ1n) is 9.52. The molecule has 4 rings (SSSR count). The Balaban J connectivity index is 1.51. The van der Waals surface area contributed by atoms with Crippen LogP contribution in [0.15, 0.2) is 48.7 Å². The summed E-state index contributed by atoms with van der Waals surface area (Å²) in [6.07, 6.45) is -2.81. The second kappa shape index (κ2) is 8.27. The Hall–Kier alpha value is -3.20. The summed E-state index contributed by atoms with van der Waals surface area (Å²) in [7, 11) is 0. The highest BCUT2D eigenvalue weighted by atomic mass is 19.4. The number of pyridine rings is 2. The minimum atomic E-state index is -4.45. The summed E-state index contributed by atoms with van der Waals surface area (Å²) < 4.78 is 43.4. The molecule has 0 atom stereocenters. The van der Waals surface area contributed by atoms with Gasteiger partial charge in [-0.15, -0.1) is 0 Å². The predicted molar refractivity (Wildman–Crippen MR) is 104 cm³/mol. The third-order valence-electron chi connectivity index (χ3n) is 4.79. The van der Waals surface area contributed by atoms with Gasteiger partial charge in [-0.2, -0.15) is 13.2 Å². The quantitative estimate of drug-likeness (QED) is 0.702. The van der Waals surface area contributed by atoms with E-state index in [0.717, 1.165) is 37.2 Å². The van der Waals surface area contributed by atoms with Gasteiger partial charge in [0.25, 0.3) is 5.91 Å². The van der Waals surface area contributed by atoms with E-state index in [1.807, 2.05) is 0 Å². The Kier molecular flexibility index (Phi) is 5.54. The fraction of sp³-hybridized carbons (Fsp3) is 0.286. The molecule has 1 fully saturated rings. The maximum Gasteiger partial charge on any atom is 0.417 e. The first kappa shape index (κ1) is 20.1. The number of carbonyl (C=O) groups excluding carboxylic acids is 1. The van der Waals surface area contributed by atoms with E-state index in [4.69, 9.17) is 4.74 Å². The number of hydrogen-bond acceptors (Lipinski definition) is 5. The van der Waals surface area contributed by atoms with Crippen LogP contribution in [0.2, 0.25) is 0 Å². The van der Waals surface area contributed by atoms with E-state index in [9.17, 15) is 18.0 Å². The second-order valence-corrected chi connectivity index (χ2v) is 6.93. The van der Waals surface area contributed by atoms with Crippen molar-refractivity contribution in [2.75, 3.05) is 26.2 Å². The number of halogens is 3. The maximum absolute atomic E-state index is 12.7. The highest BCUT2D eigenvalue weighted by molar-refractivity contribution is 5.95. The molecule has 1 amide bonds. The van der Waals surface area contributed by atoms with E-state index in [1.54, 1.807) is 35.2 Å². The normalized spacial score (nSPS) is 15.1. The fourth-order valence-corrected chi connectivity index (χ4v) is 3.23. The monoisotopic (exact) mass is 416 g/mol. The van der Waals surface area contributed by atoms with Crippen molar-refractivity contribution >= 4 is 16.8 Å². The van der Waals surface area contributed by atoms with Crippen LogP contribution in [-0.2, 0) is 6.18 Å². The number of aromatic nitrogens is 2. The third kappa shape index (κ3) is 4.51. The molecule has 6 nitrogen and oxygen atoms in total. The summed E-state index contributed by atoms with van der Waals surface area (Å²) >= 11 is 0. The summed E-state index contributed by atoms with van der Waals surface area (Å²) in [5.74, 6) is 0.362. The Labute approximate surface area is 170 Å². The number of nitrogens with zero attached hydrogens (tertiary/aromatic N) is 3. The van der Waals surface area contributed by atoms with Gasteiger partial charge in [0.15, 0.2) is 0 Å². The van der Waals surface area contributed by atoms with E-state index < -0.39 is 11.7 Å². The molecule has 1 saturated heterocycles. The lowest BCUT2D eigenvalue weighted by Gasteiger charge is -2.19. The fourth-order valence-electron chi connectivity index (χ4n) is 3.23. The molecule has 3 aromatic rings. The molecule has 2 aromatic heterocycles. The molecule has 3 heterocycles. The highest BCUT2D eigenvalue weighted by Gasteiger charge is 2.30. The standard InChI is InChI=1S/C21H19F3N4O2/c22-21(23,24)15-3-7-19(26-13-15)30-16-4-6-17-14(12-16)2-5-18(27-17)20(29)28-10-1-8-25-9-11-28/h2-7,12-13,25H,1,8-11H2. The molecule has 0 aliphatic carbocycles. The van der Waals surface area contributed by atoms with E-state index in [1.165, 1.54) is 6.07 Å². The van der Waals surface area contributed by atoms with Gasteiger partial charge < -0.3 is 15.0 Å². The minimum absolute atomic E-state index is 0.0527. The summed E-state index contributed by atoms with van der Waals surface area (Å²) in [5.41, 5.74) is 0.166. The number of hydrogen-bond donors (Lipinski definition) is 1. The number of rotatable bonds is 3. The lowest BCUT2D eigenvalue weighted by Crippen LogP contribution is -2.34. The van der Waals surface area contributed by atoms with Crippen LogP contribution < -0.4 is 10.1 Å². The van der Waals surface area contributed by atoms with E-state index in [0.29, 0.717) is 30.0 Å². The number of nitrogens with one attached hydrogen (secondary N) is 1. The average Bonchev–Trinajstić information content (AvgIpc) is 3.02. The Morgan fingerprint density at radius 2 is 1.93 bits per heavy atom. The van der Waals surface area contributed by atoms with Gasteiger partial charge in [0, 0.05) is 37.3 Å². The topological polar surface area (TPSA) is 67.3 Å². The zero-order chi connectivity index (χ0) is 21.1. The highest BCUT2D eigenvalue weighted by Crippen LogP contribution is 2.30. The summed E-state index contributed by atoms with van der Waals surface area (Å²) in [6.45, 7) is 2.99. The SMILES string of the molecule is O=C(c1ccc2cc(Oc3ccc(C(F)(F)F)cn3)ccc2n1)N1CCCNCC1. The predicted octanol–water partition coefficient (Wildman–Crippen LogP) is 3.88. The number of amides is 1. The molecule has 156 valence electrons. The lowest BCUT2D eigenvalue weighted by atomic mass is 10.2. The van der Waals surface area contributed by atoms with Crippen LogP contribution in [0, 0.1) is 0 Å². The first-order valence-corrected chi connectivity index (χ1v) is 9.52. The third-order valence-corrected chi connectivity index (χ3v) is 4.79. The molecule has 30 heavy (non-hydrogen) atoms. The molecular weight excluding hydrogens is 397 g/mol. The van der Waals surface area contributed by atoms with Crippen LogP contribution >= 0.6 is 0 Å². The molecule has 1 aliphatic heterocycles. The first-order chi connectivity index (χ1) is 14.4. The minimum Gasteiger partial charge on any atom is -0.439 e. The van der Waals surface area contributed by atoms with E-state index >= 15 is 0 Å². The van der Waals surface area contributed by atoms with Crippen molar-refractivity contribution in [1.82, 2.24) is 20.2 Å². The van der Waals surface area contributed by atoms with Crippen LogP contribution in [0.4, 0.5) is 13.2 Å². The zero-order valence-corrected chi connectivity index (χ0v) is 15.9. The number of fused-ring (bicyclic) bond motifs is 1. The van der Waals surface area contributed by atoms with Crippen molar-refractivity contribution in [1.29, 1.82) is 0 Å². The van der Waals surface area contributed by atoms with Gasteiger partial charge in [0.05, 0.1) is 11.1 Å². The Morgan fingerprint density at radius 1 is 1.07 bits per heavy atom. The van der Waals surface area contributed by atoms with E-state index in [2.05, 4.69) is 15.3 Å². The van der Waals surface area contributed by atoms with Crippen molar-refractivity contribution in [3.8, 4) is 11.6 Å². The van der Waals surface area contributed by atoms with Gasteiger partial charge in [-0.05, 0) is 43.3 Å². The largest absolute Gasteiger partial charge is 0.439 e. The molecule has 1 aromatic carbocycles. The molecule has 0 spiro atoms. The number of alkyl halides is 3. The maximum atomic E-state index is 12.7. The van der Waals surface area contributed by atoms with Crippen LogP contribution in [0.25, 0.3) is 10.9 Å². The Morgan fingerprint density at radius 3 is 2.70 bits per heavy atom. The zero-order valence-electron chi connectivity index (χ0n) is 15.9. The molecule has 9 heteroatoms. The van der Waals surface area contributed by atoms with Gasteiger partial charge in [0.2, 0.25) is 5.88 Å². The summed E-state index contributed by atoms with van der Waals surface area (Å²) in [4.78, 5) is 22.7. The van der Waals surface area contributed by atoms with Gasteiger partial charge in [0.1, 0.15) is 11.4 Å². The molecule has 1 N–H and O–H groups in total. The summed E-state index contributed by atoms with van der Waals surface area (Å²) in [6, 6.07) is 10.6. The summed E-state index contributed by atoms with van der Waals surface area (Å²) in [5, 5.41) is 4.00. The number of ether oxygens (including phenoxy) is 1. The van der Waals surface area contributed by atoms with Crippen LogP contribution in [-0.4, -0.2) is 47.0 Å². The van der Waals surface area contributed by atoms with Crippen LogP contribution in [0.1, 0.15) is 22.5 Å². The number of carbonyl (C=O) groups is 1. The van der Waals surface area contributed by atoms with Crippen molar-refractivity contribution in [2.45, 2.75) is 12.6 Å². The van der Waals surface area contributed by atoms with Gasteiger partial charge in [-0.25, -0.2) is 9.97 Å². The molecular formula is C21H19F3N4O2. The number of benzene rings is 1. The van der Waals surface area contributed by atoms with Crippen molar-refractivity contribution in [2.24, 2.45) is 0 Å². The second-order valence-electron chi connectivity index (χ2n) is 6.93. The lowest BCUT2D eigenvalue weighted by molar-refractivity contribution is -0.137. The Bertz CT molecular complexity index is 1050. The van der Waals surface area contributed by atoms with Crippen molar-refractivity contribution in [3.63, 3.8) is 0 Å². The van der Waals surface area contributed by atoms with Gasteiger partial charge in [-0.3, -0.25) is 4.79 Å². The average molecular weight is 416 g/mol. The van der Waals surface area contributed by atoms with Crippen molar-refractivity contribution in [3.05, 3.63) is 59.9 Å². The van der Waals surface area contributed by atoms with Gasteiger partial charge in [-0.1, -0.05) is 6.07 Å². The molecule has 0 saturated carbocycles. The van der Waals surface area contributed by atoms with Crippen LogP contribution in [0.3, 0.4) is 0 Å². The molecule has 0 unspecified atom stereocenters. The molecule has 0 bridgehead atoms. The smallest absolute Gasteiger partial charge is 0.417 e. The molecule has 1 aliphatic rings. The van der Waals surface area contributed by atoms with Crippen LogP contribution in [0.5, 0.6) is 11.6 Å². The molecule has 0 radical (unpaired) electrons.